The Morgan fingerprint density at radius 2 is 2.07 bits per heavy atom. The number of ether oxygens (including phenoxy) is 1. The van der Waals surface area contributed by atoms with Crippen LogP contribution in [0, 0.1) is 0 Å². The molecule has 0 bridgehead atoms. The molecule has 0 amide bonds. The number of aliphatic hydroxyl groups is 1. The summed E-state index contributed by atoms with van der Waals surface area (Å²) in [5.74, 6) is 0.380. The number of methoxy groups -OCH3 is 1. The second-order valence-corrected chi connectivity index (χ2v) is 7.65. The third kappa shape index (κ3) is 2.86. The molecule has 2 aliphatic rings. The standard InChI is InChI=1S/C21H23N5O3/c1-29-21(28)15-7-4-10-25(15)19-17-20(23-11-22-19)26(12-24-17)18-14-6-3-2-5-13(14)8-9-16(18)27/h2-3,5-6,11-12,15-16,18,27H,4,7-10H2,1H3/t15-,16+,18-/m0/s1. The van der Waals surface area contributed by atoms with Gasteiger partial charge in [-0.3, -0.25) is 0 Å². The second kappa shape index (κ2) is 7.11. The first-order chi connectivity index (χ1) is 14.2. The summed E-state index contributed by atoms with van der Waals surface area (Å²) in [4.78, 5) is 27.7. The minimum atomic E-state index is -0.518. The van der Waals surface area contributed by atoms with Crippen LogP contribution in [0.4, 0.5) is 5.82 Å². The van der Waals surface area contributed by atoms with Crippen LogP contribution in [-0.4, -0.2) is 56.4 Å². The topological polar surface area (TPSA) is 93.4 Å². The molecule has 2 aromatic heterocycles. The summed E-state index contributed by atoms with van der Waals surface area (Å²) >= 11 is 0. The van der Waals surface area contributed by atoms with E-state index in [9.17, 15) is 9.90 Å². The number of hydrogen-bond acceptors (Lipinski definition) is 7. The lowest BCUT2D eigenvalue weighted by atomic mass is 9.85. The molecule has 8 nitrogen and oxygen atoms in total. The van der Waals surface area contributed by atoms with Crippen molar-refractivity contribution in [3.63, 3.8) is 0 Å². The summed E-state index contributed by atoms with van der Waals surface area (Å²) in [7, 11) is 1.41. The molecule has 5 rings (SSSR count). The molecule has 1 fully saturated rings. The van der Waals surface area contributed by atoms with Gasteiger partial charge in [-0.2, -0.15) is 0 Å². The van der Waals surface area contributed by atoms with E-state index in [-0.39, 0.29) is 18.1 Å². The maximum absolute atomic E-state index is 12.2. The first-order valence-corrected chi connectivity index (χ1v) is 9.97. The van der Waals surface area contributed by atoms with Gasteiger partial charge in [0.15, 0.2) is 17.0 Å². The Kier molecular flexibility index (Phi) is 4.43. The Balaban J connectivity index is 1.61. The molecule has 0 radical (unpaired) electrons. The predicted molar refractivity (Wildman–Crippen MR) is 107 cm³/mol. The number of carbonyl (C=O) groups excluding carboxylic acids is 1. The molecule has 1 N–H and O–H groups in total. The average Bonchev–Trinajstić information content (AvgIpc) is 3.40. The molecule has 1 aliphatic carbocycles. The molecule has 0 unspecified atom stereocenters. The van der Waals surface area contributed by atoms with Crippen molar-refractivity contribution in [3.8, 4) is 0 Å². The van der Waals surface area contributed by atoms with Crippen LogP contribution in [0.3, 0.4) is 0 Å². The van der Waals surface area contributed by atoms with E-state index < -0.39 is 6.10 Å². The number of aryl methyl sites for hydroxylation is 1. The Labute approximate surface area is 168 Å². The summed E-state index contributed by atoms with van der Waals surface area (Å²) in [6, 6.07) is 7.59. The number of carbonyl (C=O) groups is 1. The van der Waals surface area contributed by atoms with Crippen LogP contribution in [0.1, 0.15) is 36.4 Å². The number of anilines is 1. The highest BCUT2D eigenvalue weighted by molar-refractivity contribution is 5.88. The number of imidazole rings is 1. The quantitative estimate of drug-likeness (QED) is 0.679. The maximum atomic E-state index is 12.2. The van der Waals surface area contributed by atoms with E-state index in [0.29, 0.717) is 29.9 Å². The third-order valence-corrected chi connectivity index (χ3v) is 6.08. The van der Waals surface area contributed by atoms with Gasteiger partial charge in [-0.1, -0.05) is 24.3 Å². The van der Waals surface area contributed by atoms with Gasteiger partial charge in [0.25, 0.3) is 0 Å². The van der Waals surface area contributed by atoms with Crippen molar-refractivity contribution in [2.45, 2.75) is 43.9 Å². The summed E-state index contributed by atoms with van der Waals surface area (Å²) < 4.78 is 6.91. The van der Waals surface area contributed by atoms with Gasteiger partial charge in [-0.15, -0.1) is 0 Å². The molecule has 8 heteroatoms. The molecular formula is C21H23N5O3. The number of benzene rings is 1. The molecule has 3 aromatic rings. The van der Waals surface area contributed by atoms with Gasteiger partial charge in [0.05, 0.1) is 25.6 Å². The minimum absolute atomic E-state index is 0.248. The molecule has 3 atom stereocenters. The van der Waals surface area contributed by atoms with Crippen LogP contribution in [0.5, 0.6) is 0 Å². The van der Waals surface area contributed by atoms with Gasteiger partial charge < -0.3 is 19.3 Å². The van der Waals surface area contributed by atoms with Gasteiger partial charge in [-0.05, 0) is 36.8 Å². The summed E-state index contributed by atoms with van der Waals surface area (Å²) in [5, 5.41) is 10.8. The van der Waals surface area contributed by atoms with Gasteiger partial charge >= 0.3 is 5.97 Å². The highest BCUT2D eigenvalue weighted by atomic mass is 16.5. The van der Waals surface area contributed by atoms with Crippen LogP contribution in [0.15, 0.2) is 36.9 Å². The molecule has 1 aliphatic heterocycles. The molecular weight excluding hydrogens is 370 g/mol. The summed E-state index contributed by atoms with van der Waals surface area (Å²) in [5.41, 5.74) is 3.63. The molecule has 0 spiro atoms. The van der Waals surface area contributed by atoms with Crippen molar-refractivity contribution in [2.24, 2.45) is 0 Å². The third-order valence-electron chi connectivity index (χ3n) is 6.08. The lowest BCUT2D eigenvalue weighted by Gasteiger charge is -2.31. The van der Waals surface area contributed by atoms with Crippen molar-refractivity contribution >= 4 is 23.0 Å². The van der Waals surface area contributed by atoms with E-state index in [4.69, 9.17) is 4.74 Å². The number of esters is 1. The van der Waals surface area contributed by atoms with Gasteiger partial charge in [0.1, 0.15) is 12.4 Å². The van der Waals surface area contributed by atoms with Gasteiger partial charge in [-0.25, -0.2) is 19.7 Å². The largest absolute Gasteiger partial charge is 0.467 e. The fraction of sp³-hybridized carbons (Fsp3) is 0.429. The molecule has 150 valence electrons. The number of hydrogen-bond donors (Lipinski definition) is 1. The van der Waals surface area contributed by atoms with Crippen molar-refractivity contribution in [1.82, 2.24) is 19.5 Å². The SMILES string of the molecule is COC(=O)[C@@H]1CCCN1c1ncnc2c1ncn2[C@H]1c2ccccc2CC[C@H]1O. The maximum Gasteiger partial charge on any atom is 0.328 e. The van der Waals surface area contributed by atoms with Gasteiger partial charge in [0, 0.05) is 6.54 Å². The Bertz CT molecular complexity index is 1070. The molecule has 3 heterocycles. The smallest absolute Gasteiger partial charge is 0.328 e. The number of rotatable bonds is 3. The monoisotopic (exact) mass is 393 g/mol. The average molecular weight is 393 g/mol. The number of aromatic nitrogens is 4. The van der Waals surface area contributed by atoms with Crippen LogP contribution in [0.2, 0.25) is 0 Å². The Morgan fingerprint density at radius 1 is 1.21 bits per heavy atom. The number of aliphatic hydroxyl groups excluding tert-OH is 1. The zero-order valence-corrected chi connectivity index (χ0v) is 16.2. The first kappa shape index (κ1) is 18.1. The molecule has 0 saturated carbocycles. The van der Waals surface area contributed by atoms with Crippen molar-refractivity contribution in [2.75, 3.05) is 18.6 Å². The van der Waals surface area contributed by atoms with E-state index >= 15 is 0 Å². The molecule has 1 aromatic carbocycles. The van der Waals surface area contributed by atoms with Gasteiger partial charge in [0.2, 0.25) is 0 Å². The first-order valence-electron chi connectivity index (χ1n) is 9.97. The highest BCUT2D eigenvalue weighted by Gasteiger charge is 2.35. The molecule has 29 heavy (non-hydrogen) atoms. The van der Waals surface area contributed by atoms with Crippen molar-refractivity contribution < 1.29 is 14.6 Å². The fourth-order valence-corrected chi connectivity index (χ4v) is 4.71. The van der Waals surface area contributed by atoms with Crippen molar-refractivity contribution in [3.05, 3.63) is 48.0 Å². The molecule has 1 saturated heterocycles. The van der Waals surface area contributed by atoms with Crippen LogP contribution < -0.4 is 4.90 Å². The van der Waals surface area contributed by atoms with E-state index in [1.807, 2.05) is 21.6 Å². The zero-order chi connectivity index (χ0) is 20.0. The predicted octanol–water partition coefficient (Wildman–Crippen LogP) is 1.86. The summed E-state index contributed by atoms with van der Waals surface area (Å²) in [6.07, 6.45) is 5.88. The lowest BCUT2D eigenvalue weighted by molar-refractivity contribution is -0.141. The summed E-state index contributed by atoms with van der Waals surface area (Å²) in [6.45, 7) is 0.716. The van der Waals surface area contributed by atoms with E-state index in [1.54, 1.807) is 6.33 Å². The van der Waals surface area contributed by atoms with Crippen LogP contribution in [0.25, 0.3) is 11.2 Å². The Morgan fingerprint density at radius 3 is 2.93 bits per heavy atom. The van der Waals surface area contributed by atoms with Crippen molar-refractivity contribution in [1.29, 1.82) is 0 Å². The minimum Gasteiger partial charge on any atom is -0.467 e. The Hall–Kier alpha value is -3.00. The normalized spacial score (nSPS) is 23.9. The van der Waals surface area contributed by atoms with E-state index in [1.165, 1.54) is 19.0 Å². The fourth-order valence-electron chi connectivity index (χ4n) is 4.71. The number of fused-ring (bicyclic) bond motifs is 2. The lowest BCUT2D eigenvalue weighted by Crippen LogP contribution is -2.37. The van der Waals surface area contributed by atoms with Crippen LogP contribution >= 0.6 is 0 Å². The number of nitrogens with zero attached hydrogens (tertiary/aromatic N) is 5. The van der Waals surface area contributed by atoms with E-state index in [0.717, 1.165) is 24.8 Å². The van der Waals surface area contributed by atoms with Crippen LogP contribution in [-0.2, 0) is 16.0 Å². The second-order valence-electron chi connectivity index (χ2n) is 7.65. The zero-order valence-electron chi connectivity index (χ0n) is 16.2. The van der Waals surface area contributed by atoms with E-state index in [2.05, 4.69) is 27.1 Å². The highest BCUT2D eigenvalue weighted by Crippen LogP contribution is 2.36.